The van der Waals surface area contributed by atoms with Gasteiger partial charge in [-0.05, 0) is 42.4 Å². The summed E-state index contributed by atoms with van der Waals surface area (Å²) in [6, 6.07) is 8.68. The van der Waals surface area contributed by atoms with Gasteiger partial charge in [0.2, 0.25) is 0 Å². The van der Waals surface area contributed by atoms with Gasteiger partial charge >= 0.3 is 0 Å². The molecule has 0 atom stereocenters. The Morgan fingerprint density at radius 3 is 2.57 bits per heavy atom. The second-order valence-corrected chi connectivity index (χ2v) is 5.77. The minimum atomic E-state index is 0.556. The third kappa shape index (κ3) is 2.22. The summed E-state index contributed by atoms with van der Waals surface area (Å²) in [6.07, 6.45) is 5.38. The van der Waals surface area contributed by atoms with Gasteiger partial charge in [-0.2, -0.15) is 0 Å². The zero-order valence-corrected chi connectivity index (χ0v) is 11.3. The molecule has 0 unspecified atom stereocenters. The van der Waals surface area contributed by atoms with Gasteiger partial charge in [-0.15, -0.1) is 0 Å². The minimum Gasteiger partial charge on any atom is -0.0922 e. The second-order valence-electron chi connectivity index (χ2n) is 4.29. The van der Waals surface area contributed by atoms with E-state index >= 15 is 0 Å². The van der Waals surface area contributed by atoms with Crippen molar-refractivity contribution in [1.29, 1.82) is 0 Å². The van der Waals surface area contributed by atoms with Crippen molar-refractivity contribution < 1.29 is 0 Å². The van der Waals surface area contributed by atoms with Crippen LogP contribution in [-0.4, -0.2) is 5.33 Å². The van der Waals surface area contributed by atoms with Gasteiger partial charge in [-0.25, -0.2) is 0 Å². The molecule has 0 aliphatic heterocycles. The van der Waals surface area contributed by atoms with E-state index in [0.29, 0.717) is 5.41 Å². The monoisotopic (exact) mass is 316 g/mol. The Kier molecular flexibility index (Phi) is 3.33. The van der Waals surface area contributed by atoms with Crippen molar-refractivity contribution in [3.05, 3.63) is 34.3 Å². The SMILES string of the molecule is BrCC1(Cc2cccc(Br)c2)CCC1. The molecule has 0 N–H and O–H groups in total. The minimum absolute atomic E-state index is 0.556. The van der Waals surface area contributed by atoms with Crippen LogP contribution in [0.15, 0.2) is 28.7 Å². The standard InChI is InChI=1S/C12H14Br2/c13-9-12(5-2-6-12)8-10-3-1-4-11(14)7-10/h1,3-4,7H,2,5-6,8-9H2. The van der Waals surface area contributed by atoms with Gasteiger partial charge in [0.05, 0.1) is 0 Å². The van der Waals surface area contributed by atoms with Crippen molar-refractivity contribution in [1.82, 2.24) is 0 Å². The third-order valence-electron chi connectivity index (χ3n) is 3.17. The van der Waals surface area contributed by atoms with Gasteiger partial charge in [0, 0.05) is 9.80 Å². The summed E-state index contributed by atoms with van der Waals surface area (Å²) in [5, 5.41) is 1.15. The summed E-state index contributed by atoms with van der Waals surface area (Å²) >= 11 is 7.17. The van der Waals surface area contributed by atoms with Crippen LogP contribution in [0.25, 0.3) is 0 Å². The third-order valence-corrected chi connectivity index (χ3v) is 4.85. The fourth-order valence-corrected chi connectivity index (χ4v) is 3.32. The van der Waals surface area contributed by atoms with Crippen LogP contribution >= 0.6 is 31.9 Å². The van der Waals surface area contributed by atoms with Crippen LogP contribution in [0.2, 0.25) is 0 Å². The summed E-state index contributed by atoms with van der Waals surface area (Å²) in [4.78, 5) is 0. The smallest absolute Gasteiger partial charge is 0.0177 e. The van der Waals surface area contributed by atoms with Gasteiger partial charge in [0.15, 0.2) is 0 Å². The van der Waals surface area contributed by atoms with Crippen LogP contribution in [0.5, 0.6) is 0 Å². The van der Waals surface area contributed by atoms with Crippen molar-refractivity contribution in [3.63, 3.8) is 0 Å². The van der Waals surface area contributed by atoms with Gasteiger partial charge < -0.3 is 0 Å². The topological polar surface area (TPSA) is 0 Å². The zero-order valence-electron chi connectivity index (χ0n) is 8.10. The molecule has 1 fully saturated rings. The largest absolute Gasteiger partial charge is 0.0922 e. The highest BCUT2D eigenvalue weighted by Crippen LogP contribution is 2.45. The van der Waals surface area contributed by atoms with E-state index < -0.39 is 0 Å². The molecule has 0 bridgehead atoms. The van der Waals surface area contributed by atoms with Crippen molar-refractivity contribution in [2.24, 2.45) is 5.41 Å². The van der Waals surface area contributed by atoms with Crippen LogP contribution in [0.3, 0.4) is 0 Å². The Morgan fingerprint density at radius 1 is 1.29 bits per heavy atom. The molecule has 0 saturated heterocycles. The molecule has 1 aromatic carbocycles. The van der Waals surface area contributed by atoms with Gasteiger partial charge in [-0.1, -0.05) is 50.4 Å². The van der Waals surface area contributed by atoms with Crippen molar-refractivity contribution in [3.8, 4) is 0 Å². The predicted molar refractivity (Wildman–Crippen MR) is 67.9 cm³/mol. The lowest BCUT2D eigenvalue weighted by Gasteiger charge is -2.40. The Balaban J connectivity index is 2.09. The fraction of sp³-hybridized carbons (Fsp3) is 0.500. The van der Waals surface area contributed by atoms with E-state index in [1.54, 1.807) is 0 Å². The first-order valence-corrected chi connectivity index (χ1v) is 6.96. The van der Waals surface area contributed by atoms with E-state index in [-0.39, 0.29) is 0 Å². The number of benzene rings is 1. The molecule has 0 radical (unpaired) electrons. The lowest BCUT2D eigenvalue weighted by atomic mass is 9.67. The molecule has 0 heterocycles. The van der Waals surface area contributed by atoms with Crippen LogP contribution in [0.1, 0.15) is 24.8 Å². The highest BCUT2D eigenvalue weighted by molar-refractivity contribution is 9.10. The summed E-state index contributed by atoms with van der Waals surface area (Å²) in [6.45, 7) is 0. The Labute approximate surface area is 102 Å². The van der Waals surface area contributed by atoms with Gasteiger partial charge in [0.1, 0.15) is 0 Å². The molecule has 1 aromatic rings. The summed E-state index contributed by atoms with van der Waals surface area (Å²) in [7, 11) is 0. The first-order valence-electron chi connectivity index (χ1n) is 5.05. The van der Waals surface area contributed by atoms with Crippen molar-refractivity contribution in [2.75, 3.05) is 5.33 Å². The highest BCUT2D eigenvalue weighted by atomic mass is 79.9. The summed E-state index contributed by atoms with van der Waals surface area (Å²) < 4.78 is 1.19. The molecular formula is C12H14Br2. The molecule has 0 nitrogen and oxygen atoms in total. The Bertz CT molecular complexity index is 310. The molecule has 2 heteroatoms. The maximum Gasteiger partial charge on any atom is 0.0177 e. The molecule has 2 rings (SSSR count). The van der Waals surface area contributed by atoms with Crippen LogP contribution in [0, 0.1) is 5.41 Å². The lowest BCUT2D eigenvalue weighted by molar-refractivity contribution is 0.170. The molecule has 14 heavy (non-hydrogen) atoms. The van der Waals surface area contributed by atoms with E-state index in [1.165, 1.54) is 35.7 Å². The van der Waals surface area contributed by atoms with E-state index in [4.69, 9.17) is 0 Å². The van der Waals surface area contributed by atoms with Gasteiger partial charge in [-0.3, -0.25) is 0 Å². The molecule has 1 saturated carbocycles. The van der Waals surface area contributed by atoms with E-state index in [2.05, 4.69) is 56.1 Å². The van der Waals surface area contributed by atoms with Crippen molar-refractivity contribution in [2.45, 2.75) is 25.7 Å². The molecule has 1 aliphatic carbocycles. The first-order chi connectivity index (χ1) is 6.74. The molecule has 76 valence electrons. The zero-order chi connectivity index (χ0) is 10.0. The van der Waals surface area contributed by atoms with Gasteiger partial charge in [0.25, 0.3) is 0 Å². The molecule has 0 amide bonds. The maximum absolute atomic E-state index is 3.65. The predicted octanol–water partition coefficient (Wildman–Crippen LogP) is 4.56. The maximum atomic E-state index is 3.65. The average Bonchev–Trinajstić information content (AvgIpc) is 2.11. The Morgan fingerprint density at radius 2 is 2.07 bits per heavy atom. The van der Waals surface area contributed by atoms with Crippen molar-refractivity contribution >= 4 is 31.9 Å². The summed E-state index contributed by atoms with van der Waals surface area (Å²) in [5.74, 6) is 0. The number of alkyl halides is 1. The second kappa shape index (κ2) is 4.36. The van der Waals surface area contributed by atoms with E-state index in [1.807, 2.05) is 0 Å². The molecule has 1 aliphatic rings. The normalized spacial score (nSPS) is 19.0. The number of hydrogen-bond acceptors (Lipinski definition) is 0. The molecule has 0 aromatic heterocycles. The lowest BCUT2D eigenvalue weighted by Crippen LogP contribution is -2.33. The Hall–Kier alpha value is 0.180. The number of halogens is 2. The van der Waals surface area contributed by atoms with E-state index in [9.17, 15) is 0 Å². The van der Waals surface area contributed by atoms with E-state index in [0.717, 1.165) is 5.33 Å². The van der Waals surface area contributed by atoms with Crippen LogP contribution < -0.4 is 0 Å². The number of hydrogen-bond donors (Lipinski definition) is 0. The molecular weight excluding hydrogens is 304 g/mol. The summed E-state index contributed by atoms with van der Waals surface area (Å²) in [5.41, 5.74) is 2.01. The quantitative estimate of drug-likeness (QED) is 0.717. The fourth-order valence-electron chi connectivity index (χ4n) is 2.11. The first kappa shape index (κ1) is 10.7. The van der Waals surface area contributed by atoms with Crippen LogP contribution in [-0.2, 0) is 6.42 Å². The highest BCUT2D eigenvalue weighted by Gasteiger charge is 2.35. The van der Waals surface area contributed by atoms with Crippen LogP contribution in [0.4, 0.5) is 0 Å². The average molecular weight is 318 g/mol. The molecule has 0 spiro atoms. The number of rotatable bonds is 3.